The number of ether oxygens (including phenoxy) is 1. The normalized spacial score (nSPS) is 12.8. The Morgan fingerprint density at radius 3 is 2.39 bits per heavy atom. The molecule has 0 aromatic carbocycles. The number of rotatable bonds is 19. The number of Topliss-reactive ketones (excluding diaryl/α,β-unsaturated/α-hetero) is 2. The zero-order chi connectivity index (χ0) is 21.2. The average Bonchev–Trinajstić information content (AvgIpc) is 2.66. The highest BCUT2D eigenvalue weighted by Gasteiger charge is 2.16. The number of carbonyl (C=O) groups is 4. The summed E-state index contributed by atoms with van der Waals surface area (Å²) in [6.45, 7) is 3.52. The quantitative estimate of drug-likeness (QED) is 0.171. The van der Waals surface area contributed by atoms with Crippen molar-refractivity contribution in [2.24, 2.45) is 5.73 Å². The molecule has 0 aliphatic rings. The molecule has 0 radical (unpaired) electrons. The van der Waals surface area contributed by atoms with Gasteiger partial charge >= 0.3 is 0 Å². The van der Waals surface area contributed by atoms with Crippen molar-refractivity contribution in [3.05, 3.63) is 0 Å². The number of nitrogens with one attached hydrogen (secondary N) is 3. The molecule has 0 saturated carbocycles. The standard InChI is InChI=1S/C19H36N4O5/c1-15(25)17(23-19(27)9-12-28-14-24)8-4-6-11-22-13-18(26)16(20)7-3-5-10-21-2/h14,16-17,21-22H,3-13,20H2,1-2H3,(H,23,27). The second-order valence-corrected chi connectivity index (χ2v) is 6.79. The summed E-state index contributed by atoms with van der Waals surface area (Å²) in [6.07, 6.45) is 4.68. The molecule has 0 bridgehead atoms. The van der Waals surface area contributed by atoms with Gasteiger partial charge in [-0.15, -0.1) is 0 Å². The predicted octanol–water partition coefficient (Wildman–Crippen LogP) is -0.331. The first-order valence-corrected chi connectivity index (χ1v) is 9.91. The minimum Gasteiger partial charge on any atom is -0.467 e. The van der Waals surface area contributed by atoms with Crippen LogP contribution in [0.1, 0.15) is 51.9 Å². The number of amides is 1. The van der Waals surface area contributed by atoms with Gasteiger partial charge in [0.05, 0.1) is 31.7 Å². The van der Waals surface area contributed by atoms with E-state index >= 15 is 0 Å². The van der Waals surface area contributed by atoms with E-state index in [4.69, 9.17) is 5.73 Å². The minimum absolute atomic E-state index is 0.00443. The van der Waals surface area contributed by atoms with Crippen molar-refractivity contribution in [1.82, 2.24) is 16.0 Å². The fraction of sp³-hybridized carbons (Fsp3) is 0.789. The summed E-state index contributed by atoms with van der Waals surface area (Å²) in [5, 5.41) is 8.79. The lowest BCUT2D eigenvalue weighted by Crippen LogP contribution is -2.40. The summed E-state index contributed by atoms with van der Waals surface area (Å²) in [7, 11) is 1.90. The third kappa shape index (κ3) is 14.2. The molecule has 0 aliphatic heterocycles. The molecule has 0 rings (SSSR count). The van der Waals surface area contributed by atoms with Crippen molar-refractivity contribution in [2.45, 2.75) is 64.0 Å². The Morgan fingerprint density at radius 2 is 1.75 bits per heavy atom. The van der Waals surface area contributed by atoms with E-state index in [2.05, 4.69) is 20.7 Å². The Bertz CT molecular complexity index is 473. The topological polar surface area (TPSA) is 140 Å². The van der Waals surface area contributed by atoms with Gasteiger partial charge in [0.25, 0.3) is 6.47 Å². The first-order chi connectivity index (χ1) is 13.4. The smallest absolute Gasteiger partial charge is 0.293 e. The molecule has 0 aliphatic carbocycles. The van der Waals surface area contributed by atoms with Crippen LogP contribution >= 0.6 is 0 Å². The molecule has 0 aromatic rings. The number of hydrogen-bond acceptors (Lipinski definition) is 8. The molecular weight excluding hydrogens is 364 g/mol. The second-order valence-electron chi connectivity index (χ2n) is 6.79. The second kappa shape index (κ2) is 17.3. The van der Waals surface area contributed by atoms with Crippen molar-refractivity contribution >= 4 is 23.9 Å². The lowest BCUT2D eigenvalue weighted by molar-refractivity contribution is -0.132. The molecule has 0 saturated heterocycles. The molecule has 28 heavy (non-hydrogen) atoms. The van der Waals surface area contributed by atoms with Gasteiger partial charge in [-0.05, 0) is 59.2 Å². The Labute approximate surface area is 167 Å². The number of carbonyl (C=O) groups excluding carboxylic acids is 4. The van der Waals surface area contributed by atoms with Crippen molar-refractivity contribution in [3.8, 4) is 0 Å². The summed E-state index contributed by atoms with van der Waals surface area (Å²) in [4.78, 5) is 45.3. The van der Waals surface area contributed by atoms with Crippen LogP contribution in [0, 0.1) is 0 Å². The summed E-state index contributed by atoms with van der Waals surface area (Å²) >= 11 is 0. The van der Waals surface area contributed by atoms with Gasteiger partial charge in [0.15, 0.2) is 11.6 Å². The van der Waals surface area contributed by atoms with Crippen molar-refractivity contribution in [3.63, 3.8) is 0 Å². The van der Waals surface area contributed by atoms with Crippen molar-refractivity contribution in [1.29, 1.82) is 0 Å². The molecule has 0 aromatic heterocycles. The minimum atomic E-state index is -0.545. The van der Waals surface area contributed by atoms with Crippen LogP contribution < -0.4 is 21.7 Å². The zero-order valence-corrected chi connectivity index (χ0v) is 17.1. The Kier molecular flexibility index (Phi) is 16.1. The molecule has 5 N–H and O–H groups in total. The summed E-state index contributed by atoms with van der Waals surface area (Å²) in [6, 6.07) is -0.971. The van der Waals surface area contributed by atoms with Gasteiger partial charge < -0.3 is 26.4 Å². The Balaban J connectivity index is 3.87. The number of nitrogens with two attached hydrogens (primary N) is 1. The predicted molar refractivity (Wildman–Crippen MR) is 107 cm³/mol. The van der Waals surface area contributed by atoms with Gasteiger partial charge in [0.2, 0.25) is 5.91 Å². The van der Waals surface area contributed by atoms with Crippen molar-refractivity contribution in [2.75, 3.05) is 33.3 Å². The Hall–Kier alpha value is -1.84. The molecule has 2 atom stereocenters. The average molecular weight is 401 g/mol. The van der Waals surface area contributed by atoms with Crippen LogP contribution in [0.3, 0.4) is 0 Å². The zero-order valence-electron chi connectivity index (χ0n) is 17.1. The van der Waals surface area contributed by atoms with Gasteiger partial charge in [-0.3, -0.25) is 19.2 Å². The van der Waals surface area contributed by atoms with Crippen LogP contribution in [0.4, 0.5) is 0 Å². The largest absolute Gasteiger partial charge is 0.467 e. The summed E-state index contributed by atoms with van der Waals surface area (Å²) in [5.74, 6) is -0.428. The molecule has 162 valence electrons. The molecule has 2 unspecified atom stereocenters. The molecule has 1 amide bonds. The van der Waals surface area contributed by atoms with E-state index in [1.54, 1.807) is 0 Å². The maximum atomic E-state index is 11.9. The van der Waals surface area contributed by atoms with E-state index in [1.807, 2.05) is 7.05 Å². The van der Waals surface area contributed by atoms with Crippen LogP contribution in [-0.4, -0.2) is 69.3 Å². The third-order valence-electron chi connectivity index (χ3n) is 4.34. The van der Waals surface area contributed by atoms with Gasteiger partial charge in [0, 0.05) is 0 Å². The lowest BCUT2D eigenvalue weighted by Gasteiger charge is -2.16. The maximum absolute atomic E-state index is 11.9. The van der Waals surface area contributed by atoms with Crippen LogP contribution in [0.25, 0.3) is 0 Å². The van der Waals surface area contributed by atoms with E-state index in [9.17, 15) is 19.2 Å². The maximum Gasteiger partial charge on any atom is 0.293 e. The van der Waals surface area contributed by atoms with Crippen LogP contribution in [0.15, 0.2) is 0 Å². The molecule has 0 heterocycles. The molecule has 0 spiro atoms. The van der Waals surface area contributed by atoms with E-state index in [0.29, 0.717) is 19.4 Å². The van der Waals surface area contributed by atoms with E-state index in [1.165, 1.54) is 6.92 Å². The number of hydrogen-bond donors (Lipinski definition) is 4. The first kappa shape index (κ1) is 26.2. The van der Waals surface area contributed by atoms with E-state index < -0.39 is 12.1 Å². The fourth-order valence-corrected chi connectivity index (χ4v) is 2.61. The van der Waals surface area contributed by atoms with E-state index in [-0.39, 0.29) is 43.5 Å². The first-order valence-electron chi connectivity index (χ1n) is 9.91. The highest BCUT2D eigenvalue weighted by molar-refractivity contribution is 5.87. The number of ketones is 2. The van der Waals surface area contributed by atoms with Gasteiger partial charge in [-0.25, -0.2) is 0 Å². The van der Waals surface area contributed by atoms with Crippen LogP contribution in [-0.2, 0) is 23.9 Å². The van der Waals surface area contributed by atoms with Gasteiger partial charge in [0.1, 0.15) is 0 Å². The van der Waals surface area contributed by atoms with E-state index in [0.717, 1.165) is 32.2 Å². The molecular formula is C19H36N4O5. The summed E-state index contributed by atoms with van der Waals surface area (Å²) < 4.78 is 4.47. The third-order valence-corrected chi connectivity index (χ3v) is 4.34. The summed E-state index contributed by atoms with van der Waals surface area (Å²) in [5.41, 5.74) is 5.89. The molecule has 9 heteroatoms. The van der Waals surface area contributed by atoms with Crippen LogP contribution in [0.5, 0.6) is 0 Å². The highest BCUT2D eigenvalue weighted by Crippen LogP contribution is 2.03. The number of unbranched alkanes of at least 4 members (excludes halogenated alkanes) is 2. The van der Waals surface area contributed by atoms with Gasteiger partial charge in [-0.1, -0.05) is 6.42 Å². The SMILES string of the molecule is CNCCCCC(N)C(=O)CNCCCCC(NC(=O)CCOC=O)C(C)=O. The molecule has 9 nitrogen and oxygen atoms in total. The Morgan fingerprint density at radius 1 is 1.07 bits per heavy atom. The molecule has 0 fully saturated rings. The van der Waals surface area contributed by atoms with Crippen LogP contribution in [0.2, 0.25) is 0 Å². The lowest BCUT2D eigenvalue weighted by atomic mass is 10.1. The monoisotopic (exact) mass is 400 g/mol. The van der Waals surface area contributed by atoms with Crippen molar-refractivity contribution < 1.29 is 23.9 Å². The van der Waals surface area contributed by atoms with Gasteiger partial charge in [-0.2, -0.15) is 0 Å². The fourth-order valence-electron chi connectivity index (χ4n) is 2.61. The highest BCUT2D eigenvalue weighted by atomic mass is 16.5.